The number of carbonyl (C=O) groups excluding carboxylic acids is 2. The van der Waals surface area contributed by atoms with Crippen LogP contribution in [0.3, 0.4) is 0 Å². The van der Waals surface area contributed by atoms with Crippen molar-refractivity contribution in [2.45, 2.75) is 59.1 Å². The number of benzene rings is 2. The summed E-state index contributed by atoms with van der Waals surface area (Å²) in [6.07, 6.45) is 1.99. The van der Waals surface area contributed by atoms with Gasteiger partial charge in [0.15, 0.2) is 0 Å². The number of alkyl carbamates (subject to hydrolysis) is 1. The molecule has 1 N–H and O–H groups in total. The van der Waals surface area contributed by atoms with Crippen LogP contribution in [0.15, 0.2) is 57.7 Å². The van der Waals surface area contributed by atoms with Crippen LogP contribution in [-0.4, -0.2) is 18.1 Å². The Morgan fingerprint density at radius 2 is 1.82 bits per heavy atom. The SMILES string of the molecule is CCCc1cc(=O)oc2c(C)c(OC(=O)C(CCC)NC(=O)OCc3ccccc3)ccc12. The lowest BCUT2D eigenvalue weighted by molar-refractivity contribution is -0.136. The van der Waals surface area contributed by atoms with Gasteiger partial charge in [-0.3, -0.25) is 0 Å². The predicted molar refractivity (Wildman–Crippen MR) is 125 cm³/mol. The number of carbonyl (C=O) groups is 2. The molecular formula is C26H29NO6. The minimum Gasteiger partial charge on any atom is -0.445 e. The molecule has 0 radical (unpaired) electrons. The van der Waals surface area contributed by atoms with Crippen LogP contribution in [0.1, 0.15) is 49.8 Å². The molecule has 0 bridgehead atoms. The molecule has 174 valence electrons. The minimum absolute atomic E-state index is 0.101. The topological polar surface area (TPSA) is 94.8 Å². The van der Waals surface area contributed by atoms with Crippen molar-refractivity contribution >= 4 is 23.0 Å². The van der Waals surface area contributed by atoms with Crippen molar-refractivity contribution in [1.29, 1.82) is 0 Å². The zero-order valence-electron chi connectivity index (χ0n) is 19.2. The number of nitrogens with one attached hydrogen (secondary N) is 1. The van der Waals surface area contributed by atoms with E-state index in [9.17, 15) is 14.4 Å². The molecule has 3 rings (SSSR count). The number of hydrogen-bond donors (Lipinski definition) is 1. The Bertz CT molecular complexity index is 1170. The number of aryl methyl sites for hydroxylation is 2. The second-order valence-corrected chi connectivity index (χ2v) is 7.87. The predicted octanol–water partition coefficient (Wildman–Crippen LogP) is 5.05. The fourth-order valence-corrected chi connectivity index (χ4v) is 3.62. The maximum atomic E-state index is 12.9. The molecule has 2 aromatic carbocycles. The largest absolute Gasteiger partial charge is 0.445 e. The van der Waals surface area contributed by atoms with Gasteiger partial charge in [-0.2, -0.15) is 0 Å². The van der Waals surface area contributed by atoms with E-state index < -0.39 is 23.7 Å². The molecule has 0 saturated carbocycles. The van der Waals surface area contributed by atoms with Gasteiger partial charge >= 0.3 is 17.7 Å². The molecular weight excluding hydrogens is 422 g/mol. The van der Waals surface area contributed by atoms with E-state index in [0.717, 1.165) is 29.4 Å². The van der Waals surface area contributed by atoms with Crippen LogP contribution in [0.2, 0.25) is 0 Å². The molecule has 0 saturated heterocycles. The van der Waals surface area contributed by atoms with Gasteiger partial charge in [0.2, 0.25) is 0 Å². The number of amides is 1. The molecule has 1 amide bonds. The molecule has 0 aliphatic rings. The summed E-state index contributed by atoms with van der Waals surface area (Å²) in [5, 5.41) is 3.41. The summed E-state index contributed by atoms with van der Waals surface area (Å²) in [7, 11) is 0. The highest BCUT2D eigenvalue weighted by atomic mass is 16.6. The summed E-state index contributed by atoms with van der Waals surface area (Å²) in [5.41, 5.74) is 2.26. The summed E-state index contributed by atoms with van der Waals surface area (Å²) >= 11 is 0. The average molecular weight is 452 g/mol. The summed E-state index contributed by atoms with van der Waals surface area (Å²) in [5.74, 6) is -0.326. The van der Waals surface area contributed by atoms with Crippen LogP contribution < -0.4 is 15.7 Å². The Morgan fingerprint density at radius 3 is 2.52 bits per heavy atom. The summed E-state index contributed by atoms with van der Waals surface area (Å²) in [6, 6.07) is 13.4. The van der Waals surface area contributed by atoms with Crippen LogP contribution in [0.25, 0.3) is 11.0 Å². The summed E-state index contributed by atoms with van der Waals surface area (Å²) in [6.45, 7) is 5.78. The van der Waals surface area contributed by atoms with Crippen LogP contribution in [0, 0.1) is 6.92 Å². The number of rotatable bonds is 9. The summed E-state index contributed by atoms with van der Waals surface area (Å²) in [4.78, 5) is 37.1. The highest BCUT2D eigenvalue weighted by molar-refractivity contribution is 5.87. The highest BCUT2D eigenvalue weighted by Gasteiger charge is 2.24. The number of hydrogen-bond acceptors (Lipinski definition) is 6. The number of esters is 1. The second kappa shape index (κ2) is 11.3. The van der Waals surface area contributed by atoms with E-state index in [0.29, 0.717) is 24.0 Å². The molecule has 7 nitrogen and oxygen atoms in total. The third kappa shape index (κ3) is 6.22. The van der Waals surface area contributed by atoms with Gasteiger partial charge in [-0.1, -0.05) is 57.0 Å². The van der Waals surface area contributed by atoms with Crippen molar-refractivity contribution in [3.05, 3.63) is 75.6 Å². The molecule has 1 unspecified atom stereocenters. The van der Waals surface area contributed by atoms with E-state index >= 15 is 0 Å². The first-order valence-electron chi connectivity index (χ1n) is 11.2. The van der Waals surface area contributed by atoms with Gasteiger partial charge in [-0.25, -0.2) is 14.4 Å². The maximum Gasteiger partial charge on any atom is 0.408 e. The summed E-state index contributed by atoms with van der Waals surface area (Å²) < 4.78 is 16.2. The normalized spacial score (nSPS) is 11.7. The monoisotopic (exact) mass is 451 g/mol. The average Bonchev–Trinajstić information content (AvgIpc) is 2.80. The van der Waals surface area contributed by atoms with E-state index in [2.05, 4.69) is 5.32 Å². The van der Waals surface area contributed by atoms with Crippen LogP contribution >= 0.6 is 0 Å². The molecule has 1 atom stereocenters. The Morgan fingerprint density at radius 1 is 1.06 bits per heavy atom. The Kier molecular flexibility index (Phi) is 8.24. The van der Waals surface area contributed by atoms with Gasteiger partial charge in [-0.05, 0) is 43.0 Å². The fraction of sp³-hybridized carbons (Fsp3) is 0.346. The van der Waals surface area contributed by atoms with Crippen LogP contribution in [0.5, 0.6) is 5.75 Å². The lowest BCUT2D eigenvalue weighted by Crippen LogP contribution is -2.43. The molecule has 0 fully saturated rings. The smallest absolute Gasteiger partial charge is 0.408 e. The second-order valence-electron chi connectivity index (χ2n) is 7.87. The van der Waals surface area contributed by atoms with Crippen molar-refractivity contribution in [2.75, 3.05) is 0 Å². The van der Waals surface area contributed by atoms with Crippen molar-refractivity contribution in [1.82, 2.24) is 5.32 Å². The van der Waals surface area contributed by atoms with Crippen molar-refractivity contribution in [3.8, 4) is 5.75 Å². The lowest BCUT2D eigenvalue weighted by atomic mass is 10.0. The first-order chi connectivity index (χ1) is 15.9. The van der Waals surface area contributed by atoms with Crippen molar-refractivity contribution < 1.29 is 23.5 Å². The van der Waals surface area contributed by atoms with Crippen LogP contribution in [-0.2, 0) is 22.6 Å². The molecule has 0 aliphatic heterocycles. The van der Waals surface area contributed by atoms with Crippen LogP contribution in [0.4, 0.5) is 4.79 Å². The quantitative estimate of drug-likeness (QED) is 0.278. The zero-order valence-corrected chi connectivity index (χ0v) is 19.2. The Labute approximate surface area is 192 Å². The molecule has 1 aromatic heterocycles. The van der Waals surface area contributed by atoms with Gasteiger partial charge in [0.05, 0.1) is 0 Å². The number of fused-ring (bicyclic) bond motifs is 1. The minimum atomic E-state index is -0.869. The van der Waals surface area contributed by atoms with E-state index in [1.807, 2.05) is 44.2 Å². The van der Waals surface area contributed by atoms with Gasteiger partial charge in [0.1, 0.15) is 24.0 Å². The van der Waals surface area contributed by atoms with E-state index in [1.165, 1.54) is 6.07 Å². The molecule has 3 aromatic rings. The van der Waals surface area contributed by atoms with Gasteiger partial charge in [0, 0.05) is 17.0 Å². The highest BCUT2D eigenvalue weighted by Crippen LogP contribution is 2.29. The lowest BCUT2D eigenvalue weighted by Gasteiger charge is -2.18. The maximum absolute atomic E-state index is 12.9. The fourth-order valence-electron chi connectivity index (χ4n) is 3.62. The van der Waals surface area contributed by atoms with Gasteiger partial charge < -0.3 is 19.2 Å². The van der Waals surface area contributed by atoms with E-state index in [1.54, 1.807) is 19.1 Å². The van der Waals surface area contributed by atoms with E-state index in [-0.39, 0.29) is 12.4 Å². The molecule has 1 heterocycles. The first kappa shape index (κ1) is 24.0. The van der Waals surface area contributed by atoms with Gasteiger partial charge in [-0.15, -0.1) is 0 Å². The molecule has 33 heavy (non-hydrogen) atoms. The molecule has 0 spiro atoms. The zero-order chi connectivity index (χ0) is 23.8. The first-order valence-corrected chi connectivity index (χ1v) is 11.2. The number of ether oxygens (including phenoxy) is 2. The molecule has 0 aliphatic carbocycles. The third-order valence-corrected chi connectivity index (χ3v) is 5.29. The van der Waals surface area contributed by atoms with Crippen molar-refractivity contribution in [3.63, 3.8) is 0 Å². The Hall–Kier alpha value is -3.61. The Balaban J connectivity index is 1.73. The molecule has 7 heteroatoms. The van der Waals surface area contributed by atoms with Gasteiger partial charge in [0.25, 0.3) is 0 Å². The van der Waals surface area contributed by atoms with E-state index in [4.69, 9.17) is 13.9 Å². The van der Waals surface area contributed by atoms with Crippen molar-refractivity contribution in [2.24, 2.45) is 0 Å². The third-order valence-electron chi connectivity index (χ3n) is 5.29. The standard InChI is InChI=1S/C26H29NO6/c1-4-9-19-15-23(28)33-24-17(3)22(14-13-20(19)24)32-25(29)21(10-5-2)27-26(30)31-16-18-11-7-6-8-12-18/h6-8,11-15,21H,4-5,9-10,16H2,1-3H3,(H,27,30).